The molecule has 7 heteroatoms. The number of carbonyl (C=O) groups is 1. The highest BCUT2D eigenvalue weighted by Crippen LogP contribution is 2.34. The first-order chi connectivity index (χ1) is 9.35. The van der Waals surface area contributed by atoms with Crippen LogP contribution in [0.4, 0.5) is 5.69 Å². The average Bonchev–Trinajstić information content (AvgIpc) is 2.34. The van der Waals surface area contributed by atoms with Crippen LogP contribution in [-0.4, -0.2) is 22.9 Å². The SMILES string of the molecule is CCC(=NNc1cc(OC(C)C)c(Cl)cc1Cl)C(=O)O. The average molecular weight is 319 g/mol. The largest absolute Gasteiger partial charge is 0.489 e. The van der Waals surface area contributed by atoms with E-state index < -0.39 is 5.97 Å². The zero-order valence-electron chi connectivity index (χ0n) is 11.4. The molecule has 0 radical (unpaired) electrons. The minimum atomic E-state index is -1.08. The van der Waals surface area contributed by atoms with Crippen LogP contribution in [0.3, 0.4) is 0 Å². The zero-order chi connectivity index (χ0) is 15.3. The molecule has 1 aromatic carbocycles. The molecule has 0 saturated heterocycles. The number of rotatable bonds is 6. The van der Waals surface area contributed by atoms with Crippen molar-refractivity contribution in [1.82, 2.24) is 0 Å². The molecule has 1 rings (SSSR count). The van der Waals surface area contributed by atoms with Gasteiger partial charge in [0.05, 0.1) is 21.8 Å². The summed E-state index contributed by atoms with van der Waals surface area (Å²) in [5, 5.41) is 13.4. The number of hydrogen-bond acceptors (Lipinski definition) is 4. The van der Waals surface area contributed by atoms with Gasteiger partial charge < -0.3 is 9.84 Å². The highest BCUT2D eigenvalue weighted by molar-refractivity contribution is 6.37. The highest BCUT2D eigenvalue weighted by atomic mass is 35.5. The minimum absolute atomic E-state index is 0.00217. The molecule has 0 aliphatic carbocycles. The lowest BCUT2D eigenvalue weighted by Crippen LogP contribution is -2.13. The summed E-state index contributed by atoms with van der Waals surface area (Å²) < 4.78 is 5.53. The van der Waals surface area contributed by atoms with E-state index in [1.807, 2.05) is 13.8 Å². The first kappa shape index (κ1) is 16.6. The first-order valence-corrected chi connectivity index (χ1v) is 6.82. The summed E-state index contributed by atoms with van der Waals surface area (Å²) in [6.07, 6.45) is 0.248. The van der Waals surface area contributed by atoms with E-state index in [1.54, 1.807) is 13.0 Å². The van der Waals surface area contributed by atoms with E-state index in [1.165, 1.54) is 6.07 Å². The van der Waals surface area contributed by atoms with Gasteiger partial charge in [0, 0.05) is 6.07 Å². The fourth-order valence-electron chi connectivity index (χ4n) is 1.36. The molecular weight excluding hydrogens is 303 g/mol. The fraction of sp³-hybridized carbons (Fsp3) is 0.385. The van der Waals surface area contributed by atoms with Crippen LogP contribution < -0.4 is 10.2 Å². The highest BCUT2D eigenvalue weighted by Gasteiger charge is 2.11. The molecule has 0 heterocycles. The Balaban J connectivity index is 3.03. The van der Waals surface area contributed by atoms with Crippen molar-refractivity contribution in [1.29, 1.82) is 0 Å². The molecule has 2 N–H and O–H groups in total. The molecule has 1 aromatic rings. The molecule has 0 amide bonds. The maximum absolute atomic E-state index is 10.9. The monoisotopic (exact) mass is 318 g/mol. The molecule has 0 unspecified atom stereocenters. The summed E-state index contributed by atoms with van der Waals surface area (Å²) in [5.41, 5.74) is 3.05. The first-order valence-electron chi connectivity index (χ1n) is 6.06. The van der Waals surface area contributed by atoms with Gasteiger partial charge in [0.2, 0.25) is 0 Å². The van der Waals surface area contributed by atoms with Gasteiger partial charge in [0.1, 0.15) is 11.5 Å². The Bertz CT molecular complexity index is 531. The molecule has 0 bridgehead atoms. The summed E-state index contributed by atoms with van der Waals surface area (Å²) in [6, 6.07) is 3.11. The van der Waals surface area contributed by atoms with E-state index in [2.05, 4.69) is 10.5 Å². The number of carboxylic acids is 1. The summed E-state index contributed by atoms with van der Waals surface area (Å²) in [6.45, 7) is 5.44. The Labute approximate surface area is 127 Å². The number of halogens is 2. The molecule has 0 aliphatic rings. The Morgan fingerprint density at radius 3 is 2.55 bits per heavy atom. The Hall–Kier alpha value is -1.46. The number of anilines is 1. The van der Waals surface area contributed by atoms with E-state index >= 15 is 0 Å². The standard InChI is InChI=1S/C13H16Cl2N2O3/c1-4-10(13(18)19)16-17-11-6-12(20-7(2)3)9(15)5-8(11)14/h5-7,17H,4H2,1-3H3,(H,18,19). The summed E-state index contributed by atoms with van der Waals surface area (Å²) in [7, 11) is 0. The molecular formula is C13H16Cl2N2O3. The number of aliphatic carboxylic acids is 1. The van der Waals surface area contributed by atoms with E-state index in [4.69, 9.17) is 33.0 Å². The van der Waals surface area contributed by atoms with Gasteiger partial charge in [-0.25, -0.2) is 4.79 Å². The van der Waals surface area contributed by atoms with Crippen molar-refractivity contribution >= 4 is 40.6 Å². The molecule has 0 aromatic heterocycles. The zero-order valence-corrected chi connectivity index (χ0v) is 12.9. The van der Waals surface area contributed by atoms with Crippen LogP contribution in [0.5, 0.6) is 5.75 Å². The molecule has 0 spiro atoms. The van der Waals surface area contributed by atoms with Gasteiger partial charge in [-0.1, -0.05) is 30.1 Å². The van der Waals surface area contributed by atoms with Crippen molar-refractivity contribution in [2.24, 2.45) is 5.10 Å². The number of ether oxygens (including phenoxy) is 1. The molecule has 0 fully saturated rings. The lowest BCUT2D eigenvalue weighted by Gasteiger charge is -2.13. The van der Waals surface area contributed by atoms with E-state index in [9.17, 15) is 4.79 Å². The predicted molar refractivity (Wildman–Crippen MR) is 81.2 cm³/mol. The lowest BCUT2D eigenvalue weighted by atomic mass is 10.3. The number of hydrazone groups is 1. The molecule has 5 nitrogen and oxygen atoms in total. The number of benzene rings is 1. The molecule has 0 saturated carbocycles. The fourth-order valence-corrected chi connectivity index (χ4v) is 1.83. The van der Waals surface area contributed by atoms with Crippen LogP contribution >= 0.6 is 23.2 Å². The quantitative estimate of drug-likeness (QED) is 0.613. The number of nitrogens with one attached hydrogen (secondary N) is 1. The number of hydrogen-bond donors (Lipinski definition) is 2. The van der Waals surface area contributed by atoms with Gasteiger partial charge in [-0.3, -0.25) is 5.43 Å². The molecule has 0 aliphatic heterocycles. The number of nitrogens with zero attached hydrogens (tertiary/aromatic N) is 1. The van der Waals surface area contributed by atoms with Crippen molar-refractivity contribution in [3.63, 3.8) is 0 Å². The van der Waals surface area contributed by atoms with Crippen molar-refractivity contribution in [3.05, 3.63) is 22.2 Å². The van der Waals surface area contributed by atoms with Crippen LogP contribution in [-0.2, 0) is 4.79 Å². The summed E-state index contributed by atoms with van der Waals surface area (Å²) in [4.78, 5) is 10.9. The van der Waals surface area contributed by atoms with Gasteiger partial charge >= 0.3 is 5.97 Å². The topological polar surface area (TPSA) is 70.9 Å². The van der Waals surface area contributed by atoms with Crippen LogP contribution in [0.2, 0.25) is 10.0 Å². The third-order valence-corrected chi connectivity index (χ3v) is 2.89. The van der Waals surface area contributed by atoms with Crippen molar-refractivity contribution < 1.29 is 14.6 Å². The second-order valence-corrected chi connectivity index (χ2v) is 5.07. The molecule has 0 atom stereocenters. The Morgan fingerprint density at radius 1 is 1.40 bits per heavy atom. The predicted octanol–water partition coefficient (Wildman–Crippen LogP) is 4.04. The van der Waals surface area contributed by atoms with Gasteiger partial charge in [-0.2, -0.15) is 5.10 Å². The van der Waals surface area contributed by atoms with Crippen LogP contribution in [0.1, 0.15) is 27.2 Å². The Morgan fingerprint density at radius 2 is 2.05 bits per heavy atom. The van der Waals surface area contributed by atoms with Gasteiger partial charge in [-0.15, -0.1) is 0 Å². The van der Waals surface area contributed by atoms with Crippen molar-refractivity contribution in [2.75, 3.05) is 5.43 Å². The van der Waals surface area contributed by atoms with Crippen LogP contribution in [0.15, 0.2) is 17.2 Å². The normalized spacial score (nSPS) is 11.6. The van der Waals surface area contributed by atoms with Gasteiger partial charge in [-0.05, 0) is 26.3 Å². The molecule has 110 valence electrons. The summed E-state index contributed by atoms with van der Waals surface area (Å²) >= 11 is 12.0. The van der Waals surface area contributed by atoms with Crippen LogP contribution in [0, 0.1) is 0 Å². The third-order valence-electron chi connectivity index (χ3n) is 2.28. The number of carboxylic acid groups (broad SMARTS) is 1. The van der Waals surface area contributed by atoms with Crippen molar-refractivity contribution in [2.45, 2.75) is 33.3 Å². The maximum Gasteiger partial charge on any atom is 0.352 e. The van der Waals surface area contributed by atoms with Gasteiger partial charge in [0.15, 0.2) is 0 Å². The Kier molecular flexibility index (Phi) is 6.10. The third kappa shape index (κ3) is 4.58. The van der Waals surface area contributed by atoms with E-state index in [-0.39, 0.29) is 11.8 Å². The van der Waals surface area contributed by atoms with Crippen LogP contribution in [0.25, 0.3) is 0 Å². The smallest absolute Gasteiger partial charge is 0.352 e. The molecule has 20 heavy (non-hydrogen) atoms. The van der Waals surface area contributed by atoms with Crippen molar-refractivity contribution in [3.8, 4) is 5.75 Å². The second kappa shape index (κ2) is 7.36. The van der Waals surface area contributed by atoms with E-state index in [0.29, 0.717) is 27.9 Å². The lowest BCUT2D eigenvalue weighted by molar-refractivity contribution is -0.129. The maximum atomic E-state index is 10.9. The van der Waals surface area contributed by atoms with Gasteiger partial charge in [0.25, 0.3) is 0 Å². The van der Waals surface area contributed by atoms with E-state index in [0.717, 1.165) is 0 Å². The second-order valence-electron chi connectivity index (χ2n) is 4.26. The summed E-state index contributed by atoms with van der Waals surface area (Å²) in [5.74, 6) is -0.624. The minimum Gasteiger partial charge on any atom is -0.489 e.